The second kappa shape index (κ2) is 5.45. The zero-order valence-corrected chi connectivity index (χ0v) is 11.8. The molecule has 0 aliphatic carbocycles. The normalized spacial score (nSPS) is 18.3. The summed E-state index contributed by atoms with van der Waals surface area (Å²) in [6.07, 6.45) is 2.37. The molecule has 0 radical (unpaired) electrons. The molecule has 2 heteroatoms. The summed E-state index contributed by atoms with van der Waals surface area (Å²) in [4.78, 5) is 1.39. The Morgan fingerprint density at radius 1 is 1.06 bits per heavy atom. The van der Waals surface area contributed by atoms with Crippen LogP contribution in [0.5, 0.6) is 0 Å². The van der Waals surface area contributed by atoms with Crippen molar-refractivity contribution in [2.24, 2.45) is 0 Å². The minimum Gasteiger partial charge on any atom is -0.381 e. The molecule has 0 spiro atoms. The average Bonchev–Trinajstić information content (AvgIpc) is 2.30. The molecule has 0 atom stereocenters. The molecule has 1 aliphatic heterocycles. The van der Waals surface area contributed by atoms with Crippen molar-refractivity contribution in [3.8, 4) is 0 Å². The first-order chi connectivity index (χ1) is 8.05. The van der Waals surface area contributed by atoms with Crippen LogP contribution < -0.4 is 0 Å². The lowest BCUT2D eigenvalue weighted by atomic mass is 9.87. The van der Waals surface area contributed by atoms with E-state index in [0.717, 1.165) is 18.5 Å². The number of benzene rings is 1. The highest BCUT2D eigenvalue weighted by molar-refractivity contribution is 8.00. The minimum atomic E-state index is 0.252. The summed E-state index contributed by atoms with van der Waals surface area (Å²) in [6.45, 7) is 8.63. The Morgan fingerprint density at radius 3 is 2.18 bits per heavy atom. The summed E-state index contributed by atoms with van der Waals surface area (Å²) < 4.78 is 5.39. The summed E-state index contributed by atoms with van der Waals surface area (Å²) in [6, 6.07) is 9.06. The summed E-state index contributed by atoms with van der Waals surface area (Å²) in [5.74, 6) is 0. The van der Waals surface area contributed by atoms with Crippen molar-refractivity contribution < 1.29 is 4.74 Å². The number of rotatable bonds is 2. The zero-order valence-electron chi connectivity index (χ0n) is 11.0. The van der Waals surface area contributed by atoms with Gasteiger partial charge in [0.05, 0.1) is 0 Å². The molecular weight excluding hydrogens is 228 g/mol. The van der Waals surface area contributed by atoms with Crippen molar-refractivity contribution in [3.63, 3.8) is 0 Å². The van der Waals surface area contributed by atoms with Gasteiger partial charge in [0.1, 0.15) is 0 Å². The van der Waals surface area contributed by atoms with Gasteiger partial charge in [0.25, 0.3) is 0 Å². The third-order valence-electron chi connectivity index (χ3n) is 3.19. The standard InChI is InChI=1S/C15H22OS/c1-15(2,3)12-4-6-13(7-5-12)17-14-8-10-16-11-9-14/h4-7,14H,8-11H2,1-3H3. The molecular formula is C15H22OS. The van der Waals surface area contributed by atoms with Crippen LogP contribution in [-0.2, 0) is 10.2 Å². The Bertz CT molecular complexity index is 344. The molecule has 0 unspecified atom stereocenters. The second-order valence-electron chi connectivity index (χ2n) is 5.70. The topological polar surface area (TPSA) is 9.23 Å². The molecule has 1 saturated heterocycles. The van der Waals surface area contributed by atoms with Gasteiger partial charge in [0.15, 0.2) is 0 Å². The fourth-order valence-electron chi connectivity index (χ4n) is 2.02. The average molecular weight is 250 g/mol. The van der Waals surface area contributed by atoms with Crippen LogP contribution in [0.2, 0.25) is 0 Å². The molecule has 0 N–H and O–H groups in total. The van der Waals surface area contributed by atoms with Crippen LogP contribution in [-0.4, -0.2) is 18.5 Å². The minimum absolute atomic E-state index is 0.252. The second-order valence-corrected chi connectivity index (χ2v) is 7.08. The summed E-state index contributed by atoms with van der Waals surface area (Å²) >= 11 is 2.00. The maximum Gasteiger partial charge on any atom is 0.0476 e. The van der Waals surface area contributed by atoms with Crippen LogP contribution in [0.3, 0.4) is 0 Å². The van der Waals surface area contributed by atoms with Crippen LogP contribution in [0, 0.1) is 0 Å². The third-order valence-corrected chi connectivity index (χ3v) is 4.54. The number of hydrogen-bond acceptors (Lipinski definition) is 2. The van der Waals surface area contributed by atoms with Gasteiger partial charge in [-0.3, -0.25) is 0 Å². The van der Waals surface area contributed by atoms with Gasteiger partial charge in [-0.1, -0.05) is 32.9 Å². The quantitative estimate of drug-likeness (QED) is 0.776. The Morgan fingerprint density at radius 2 is 1.65 bits per heavy atom. The van der Waals surface area contributed by atoms with Crippen LogP contribution >= 0.6 is 11.8 Å². The maximum absolute atomic E-state index is 5.39. The lowest BCUT2D eigenvalue weighted by molar-refractivity contribution is 0.100. The van der Waals surface area contributed by atoms with Crippen molar-refractivity contribution in [2.45, 2.75) is 49.2 Å². The van der Waals surface area contributed by atoms with Crippen LogP contribution in [0.1, 0.15) is 39.2 Å². The van der Waals surface area contributed by atoms with Gasteiger partial charge in [-0.05, 0) is 36.0 Å². The van der Waals surface area contributed by atoms with Crippen LogP contribution in [0.4, 0.5) is 0 Å². The van der Waals surface area contributed by atoms with E-state index in [4.69, 9.17) is 4.74 Å². The van der Waals surface area contributed by atoms with Crippen molar-refractivity contribution in [3.05, 3.63) is 29.8 Å². The lowest BCUT2D eigenvalue weighted by Gasteiger charge is -2.22. The molecule has 1 nitrogen and oxygen atoms in total. The van der Waals surface area contributed by atoms with Crippen molar-refractivity contribution in [1.82, 2.24) is 0 Å². The molecule has 1 aromatic carbocycles. The van der Waals surface area contributed by atoms with Gasteiger partial charge in [-0.15, -0.1) is 11.8 Å². The SMILES string of the molecule is CC(C)(C)c1ccc(SC2CCOCC2)cc1. The Kier molecular flexibility index (Phi) is 4.16. The smallest absolute Gasteiger partial charge is 0.0476 e. The van der Waals surface area contributed by atoms with E-state index in [2.05, 4.69) is 45.0 Å². The van der Waals surface area contributed by atoms with E-state index in [-0.39, 0.29) is 5.41 Å². The first-order valence-electron chi connectivity index (χ1n) is 6.41. The molecule has 94 valence electrons. The van der Waals surface area contributed by atoms with Gasteiger partial charge in [0, 0.05) is 23.4 Å². The largest absolute Gasteiger partial charge is 0.381 e. The Hall–Kier alpha value is -0.470. The predicted molar refractivity (Wildman–Crippen MR) is 74.8 cm³/mol. The fourth-order valence-corrected chi connectivity index (χ4v) is 3.13. The number of thioether (sulfide) groups is 1. The molecule has 1 aromatic rings. The van der Waals surface area contributed by atoms with Crippen molar-refractivity contribution >= 4 is 11.8 Å². The van der Waals surface area contributed by atoms with Crippen molar-refractivity contribution in [2.75, 3.05) is 13.2 Å². The molecule has 0 aromatic heterocycles. The van der Waals surface area contributed by atoms with Gasteiger partial charge >= 0.3 is 0 Å². The Labute approximate surface area is 109 Å². The van der Waals surface area contributed by atoms with E-state index in [1.54, 1.807) is 0 Å². The highest BCUT2D eigenvalue weighted by Gasteiger charge is 2.16. The molecule has 2 rings (SSSR count). The molecule has 0 saturated carbocycles. The van der Waals surface area contributed by atoms with Gasteiger partial charge in [-0.2, -0.15) is 0 Å². The lowest BCUT2D eigenvalue weighted by Crippen LogP contribution is -2.17. The highest BCUT2D eigenvalue weighted by atomic mass is 32.2. The summed E-state index contributed by atoms with van der Waals surface area (Å²) in [7, 11) is 0. The number of ether oxygens (including phenoxy) is 1. The molecule has 1 aliphatic rings. The first-order valence-corrected chi connectivity index (χ1v) is 7.28. The van der Waals surface area contributed by atoms with Gasteiger partial charge in [-0.25, -0.2) is 0 Å². The van der Waals surface area contributed by atoms with Gasteiger partial charge < -0.3 is 4.74 Å². The van der Waals surface area contributed by atoms with E-state index in [1.807, 2.05) is 11.8 Å². The highest BCUT2D eigenvalue weighted by Crippen LogP contribution is 2.31. The molecule has 0 bridgehead atoms. The molecule has 1 fully saturated rings. The zero-order chi connectivity index (χ0) is 12.3. The van der Waals surface area contributed by atoms with E-state index in [1.165, 1.54) is 23.3 Å². The monoisotopic (exact) mass is 250 g/mol. The van der Waals surface area contributed by atoms with Crippen LogP contribution in [0.15, 0.2) is 29.2 Å². The number of hydrogen-bond donors (Lipinski definition) is 0. The van der Waals surface area contributed by atoms with Gasteiger partial charge in [0.2, 0.25) is 0 Å². The molecule has 17 heavy (non-hydrogen) atoms. The summed E-state index contributed by atoms with van der Waals surface area (Å²) in [5, 5.41) is 0.740. The van der Waals surface area contributed by atoms with E-state index >= 15 is 0 Å². The maximum atomic E-state index is 5.39. The first kappa shape index (κ1) is 13.0. The summed E-state index contributed by atoms with van der Waals surface area (Å²) in [5.41, 5.74) is 1.66. The van der Waals surface area contributed by atoms with Crippen molar-refractivity contribution in [1.29, 1.82) is 0 Å². The van der Waals surface area contributed by atoms with E-state index in [9.17, 15) is 0 Å². The fraction of sp³-hybridized carbons (Fsp3) is 0.600. The molecule has 0 amide bonds. The van der Waals surface area contributed by atoms with Crippen LogP contribution in [0.25, 0.3) is 0 Å². The predicted octanol–water partition coefficient (Wildman–Crippen LogP) is 4.26. The third kappa shape index (κ3) is 3.75. The Balaban J connectivity index is 1.98. The van der Waals surface area contributed by atoms with E-state index in [0.29, 0.717) is 0 Å². The molecule has 1 heterocycles. The van der Waals surface area contributed by atoms with E-state index < -0.39 is 0 Å².